The Hall–Kier alpha value is -1.30. The van der Waals surface area contributed by atoms with Crippen molar-refractivity contribution in [3.63, 3.8) is 0 Å². The zero-order valence-corrected chi connectivity index (χ0v) is 25.7. The van der Waals surface area contributed by atoms with Crippen molar-refractivity contribution in [3.05, 3.63) is 34.9 Å². The summed E-state index contributed by atoms with van der Waals surface area (Å²) >= 11 is 0. The molecule has 0 radical (unpaired) electrons. The van der Waals surface area contributed by atoms with Gasteiger partial charge in [-0.25, -0.2) is 0 Å². The molecule has 1 fully saturated rings. The van der Waals surface area contributed by atoms with E-state index in [1.165, 1.54) is 11.1 Å². The average molecular weight is 517 g/mol. The van der Waals surface area contributed by atoms with E-state index in [1.807, 2.05) is 0 Å². The minimum absolute atomic E-state index is 0.000760. The first-order chi connectivity index (χ1) is 16.5. The lowest BCUT2D eigenvalue weighted by Gasteiger charge is -2.40. The molecule has 0 bridgehead atoms. The number of carbonyl (C=O) groups excluding carboxylic acids is 2. The fraction of sp³-hybridized carbons (Fsp3) is 0.742. The van der Waals surface area contributed by atoms with Crippen molar-refractivity contribution < 1.29 is 19.1 Å². The second-order valence-corrected chi connectivity index (χ2v) is 18.2. The molecule has 1 N–H and O–H groups in total. The van der Waals surface area contributed by atoms with E-state index in [4.69, 9.17) is 4.43 Å². The average Bonchev–Trinajstić information content (AvgIpc) is 2.97. The molecule has 0 aromatic heterocycles. The van der Waals surface area contributed by atoms with Gasteiger partial charge in [-0.15, -0.1) is 0 Å². The zero-order valence-electron chi connectivity index (χ0n) is 24.7. The highest BCUT2D eigenvalue weighted by Gasteiger charge is 2.60. The number of aliphatic hydroxyl groups is 1. The van der Waals surface area contributed by atoms with E-state index >= 15 is 0 Å². The van der Waals surface area contributed by atoms with Crippen LogP contribution in [0, 0.1) is 17.3 Å². The molecule has 5 atom stereocenters. The number of fused-ring (bicyclic) bond motifs is 1. The second kappa shape index (κ2) is 11.6. The van der Waals surface area contributed by atoms with Crippen molar-refractivity contribution in [2.24, 2.45) is 17.3 Å². The van der Waals surface area contributed by atoms with Crippen LogP contribution in [0.5, 0.6) is 0 Å². The Morgan fingerprint density at radius 3 is 2.31 bits per heavy atom. The molecular weight excluding hydrogens is 464 g/mol. The number of hydrogen-bond acceptors (Lipinski definition) is 4. The minimum atomic E-state index is -2.00. The van der Waals surface area contributed by atoms with Crippen molar-refractivity contribution in [1.29, 1.82) is 0 Å². The summed E-state index contributed by atoms with van der Waals surface area (Å²) in [5.74, 6) is -1.25. The van der Waals surface area contributed by atoms with Gasteiger partial charge in [0.25, 0.3) is 0 Å². The first-order valence-corrected chi connectivity index (χ1v) is 16.8. The maximum absolute atomic E-state index is 13.2. The highest BCUT2D eigenvalue weighted by molar-refractivity contribution is 6.74. The number of allylic oxidation sites excluding steroid dienone is 5. The molecule has 0 saturated heterocycles. The van der Waals surface area contributed by atoms with Gasteiger partial charge in [0, 0.05) is 18.3 Å². The van der Waals surface area contributed by atoms with Crippen molar-refractivity contribution in [2.45, 2.75) is 130 Å². The third-order valence-electron chi connectivity index (χ3n) is 9.46. The lowest BCUT2D eigenvalue weighted by molar-refractivity contribution is -0.147. The third-order valence-corrected chi connectivity index (χ3v) is 13.9. The Labute approximate surface area is 221 Å². The largest absolute Gasteiger partial charge is 0.410 e. The number of aldehydes is 1. The van der Waals surface area contributed by atoms with Crippen LogP contribution in [0.2, 0.25) is 18.1 Å². The lowest BCUT2D eigenvalue weighted by atomic mass is 9.68. The van der Waals surface area contributed by atoms with E-state index in [0.717, 1.165) is 44.0 Å². The van der Waals surface area contributed by atoms with Gasteiger partial charge in [-0.2, -0.15) is 0 Å². The normalized spacial score (nSPS) is 36.8. The van der Waals surface area contributed by atoms with Gasteiger partial charge in [-0.3, -0.25) is 4.79 Å². The summed E-state index contributed by atoms with van der Waals surface area (Å²) in [5, 5.41) is 11.8. The van der Waals surface area contributed by atoms with E-state index in [9.17, 15) is 14.7 Å². The molecule has 1 saturated carbocycles. The van der Waals surface area contributed by atoms with Gasteiger partial charge in [0.2, 0.25) is 0 Å². The molecule has 2 aliphatic carbocycles. The van der Waals surface area contributed by atoms with E-state index in [-0.39, 0.29) is 22.8 Å². The maximum Gasteiger partial charge on any atom is 0.192 e. The van der Waals surface area contributed by atoms with Crippen LogP contribution in [-0.4, -0.2) is 37.2 Å². The second-order valence-electron chi connectivity index (χ2n) is 13.5. The number of Topliss-reactive ketones (excluding diaryl/α,β-unsaturated/α-hetero) is 1. The topological polar surface area (TPSA) is 63.6 Å². The molecule has 204 valence electrons. The Morgan fingerprint density at radius 2 is 1.72 bits per heavy atom. The van der Waals surface area contributed by atoms with Gasteiger partial charge >= 0.3 is 0 Å². The van der Waals surface area contributed by atoms with Crippen molar-refractivity contribution in [1.82, 2.24) is 0 Å². The predicted molar refractivity (Wildman–Crippen MR) is 152 cm³/mol. The van der Waals surface area contributed by atoms with Crippen LogP contribution >= 0.6 is 0 Å². The summed E-state index contributed by atoms with van der Waals surface area (Å²) in [7, 11) is -2.00. The van der Waals surface area contributed by atoms with Crippen molar-refractivity contribution in [3.8, 4) is 0 Å². The summed E-state index contributed by atoms with van der Waals surface area (Å²) in [6.45, 7) is 21.7. The molecule has 5 heteroatoms. The Balaban J connectivity index is 2.55. The van der Waals surface area contributed by atoms with Crippen molar-refractivity contribution >= 4 is 20.4 Å². The molecule has 0 heterocycles. The minimum Gasteiger partial charge on any atom is -0.410 e. The number of rotatable bonds is 4. The monoisotopic (exact) mass is 516 g/mol. The van der Waals surface area contributed by atoms with Gasteiger partial charge in [-0.05, 0) is 88.4 Å². The van der Waals surface area contributed by atoms with Crippen LogP contribution in [-0.2, 0) is 14.0 Å². The maximum atomic E-state index is 13.2. The molecule has 36 heavy (non-hydrogen) atoms. The van der Waals surface area contributed by atoms with Crippen LogP contribution in [0.3, 0.4) is 0 Å². The highest BCUT2D eigenvalue weighted by atomic mass is 28.4. The Bertz CT molecular complexity index is 906. The molecule has 0 aromatic carbocycles. The van der Waals surface area contributed by atoms with Crippen LogP contribution in [0.4, 0.5) is 0 Å². The fourth-order valence-corrected chi connectivity index (χ4v) is 6.94. The first-order valence-electron chi connectivity index (χ1n) is 13.8. The molecule has 0 aromatic rings. The van der Waals surface area contributed by atoms with Crippen LogP contribution in [0.25, 0.3) is 0 Å². The molecule has 0 amide bonds. The molecule has 4 nitrogen and oxygen atoms in total. The van der Waals surface area contributed by atoms with Gasteiger partial charge in [-0.1, -0.05) is 64.0 Å². The smallest absolute Gasteiger partial charge is 0.192 e. The molecule has 2 aliphatic rings. The van der Waals surface area contributed by atoms with E-state index in [1.54, 1.807) is 6.92 Å². The summed E-state index contributed by atoms with van der Waals surface area (Å²) in [5.41, 5.74) is 1.85. The summed E-state index contributed by atoms with van der Waals surface area (Å²) in [6.07, 6.45) is 13.0. The number of hydrogen-bond donors (Lipinski definition) is 1. The molecule has 0 spiro atoms. The van der Waals surface area contributed by atoms with Crippen LogP contribution in [0.15, 0.2) is 34.9 Å². The molecule has 2 rings (SSSR count). The summed E-state index contributed by atoms with van der Waals surface area (Å²) < 4.78 is 6.93. The Kier molecular flexibility index (Phi) is 9.97. The van der Waals surface area contributed by atoms with E-state index in [0.29, 0.717) is 12.8 Å². The molecule has 0 aliphatic heterocycles. The Morgan fingerprint density at radius 1 is 1.11 bits per heavy atom. The summed E-state index contributed by atoms with van der Waals surface area (Å²) in [4.78, 5) is 25.0. The van der Waals surface area contributed by atoms with Gasteiger partial charge in [0.1, 0.15) is 11.9 Å². The SMILES string of the molecule is C/C1=C\C[C@]2(C)CC(=O)[C@](O)([C@H](C)C=O)[C@H]2C/C=C(\C)[C@@H](O[Si](C)(C)C(C)(C)C)CC/C(C)=C/CC1. The zero-order chi connectivity index (χ0) is 27.5. The predicted octanol–water partition coefficient (Wildman–Crippen LogP) is 7.73. The van der Waals surface area contributed by atoms with Gasteiger partial charge in [0.05, 0.1) is 6.10 Å². The quantitative estimate of drug-likeness (QED) is 0.236. The standard InChI is InChI=1S/C31H52O4Si/c1-22-12-11-13-23(2)18-19-30(8)20-28(33)31(34,25(4)21-32)27(30)17-15-24(3)26(16-14-22)35-36(9,10)29(5,6)7/h12,15,18,21,25-27,34H,11,13-14,16-17,19-20H2,1-10H3/b22-12+,23-18+,24-15+/t25-,26+,27+,30-,31+/m1/s1. The van der Waals surface area contributed by atoms with Crippen molar-refractivity contribution in [2.75, 3.05) is 0 Å². The van der Waals surface area contributed by atoms with Gasteiger partial charge in [0.15, 0.2) is 14.1 Å². The molecule has 0 unspecified atom stereocenters. The number of carbonyl (C=O) groups is 2. The van der Waals surface area contributed by atoms with E-state index < -0.39 is 25.3 Å². The number of ketones is 1. The van der Waals surface area contributed by atoms with Crippen LogP contribution < -0.4 is 0 Å². The summed E-state index contributed by atoms with van der Waals surface area (Å²) in [6, 6.07) is 0. The molecular formula is C31H52O4Si. The van der Waals surface area contributed by atoms with Crippen LogP contribution in [0.1, 0.15) is 100 Å². The lowest BCUT2D eigenvalue weighted by Crippen LogP contribution is -2.49. The van der Waals surface area contributed by atoms with E-state index in [2.05, 4.69) is 79.8 Å². The first kappa shape index (κ1) is 30.9. The fourth-order valence-electron chi connectivity index (χ4n) is 5.57. The highest BCUT2D eigenvalue weighted by Crippen LogP contribution is 2.54. The van der Waals surface area contributed by atoms with Gasteiger partial charge < -0.3 is 14.3 Å². The third kappa shape index (κ3) is 6.76.